The van der Waals surface area contributed by atoms with Crippen LogP contribution >= 0.6 is 0 Å². The van der Waals surface area contributed by atoms with E-state index in [1.807, 2.05) is 4.90 Å². The highest BCUT2D eigenvalue weighted by molar-refractivity contribution is 5.76. The molecule has 0 radical (unpaired) electrons. The van der Waals surface area contributed by atoms with Gasteiger partial charge in [-0.25, -0.2) is 0 Å². The first-order valence-electron chi connectivity index (χ1n) is 5.93. The minimum absolute atomic E-state index is 0.210. The number of carbonyl (C=O) groups excluding carboxylic acids is 2. The molecule has 1 heterocycles. The number of nitrogens with one attached hydrogen (secondary N) is 1. The number of ether oxygens (including phenoxy) is 1. The third-order valence-corrected chi connectivity index (χ3v) is 3.01. The second-order valence-corrected chi connectivity index (χ2v) is 4.24. The molecule has 0 bridgehead atoms. The van der Waals surface area contributed by atoms with E-state index >= 15 is 0 Å². The SMILES string of the molecule is COC(=O)CCN(CC(N)=O)C1CCNCC1. The number of primary amides is 1. The molecule has 6 nitrogen and oxygen atoms in total. The van der Waals surface area contributed by atoms with Gasteiger partial charge in [-0.15, -0.1) is 0 Å². The van der Waals surface area contributed by atoms with Gasteiger partial charge in [0.25, 0.3) is 0 Å². The van der Waals surface area contributed by atoms with Gasteiger partial charge < -0.3 is 15.8 Å². The van der Waals surface area contributed by atoms with Crippen molar-refractivity contribution in [3.63, 3.8) is 0 Å². The van der Waals surface area contributed by atoms with Crippen LogP contribution in [0, 0.1) is 0 Å². The number of amides is 1. The molecule has 17 heavy (non-hydrogen) atoms. The van der Waals surface area contributed by atoms with Gasteiger partial charge >= 0.3 is 5.97 Å². The van der Waals surface area contributed by atoms with E-state index in [9.17, 15) is 9.59 Å². The van der Waals surface area contributed by atoms with Crippen molar-refractivity contribution >= 4 is 11.9 Å². The van der Waals surface area contributed by atoms with Crippen LogP contribution in [-0.4, -0.2) is 56.1 Å². The molecule has 1 saturated heterocycles. The smallest absolute Gasteiger partial charge is 0.306 e. The average Bonchev–Trinajstić information content (AvgIpc) is 2.34. The van der Waals surface area contributed by atoms with Crippen molar-refractivity contribution in [1.82, 2.24) is 10.2 Å². The van der Waals surface area contributed by atoms with Gasteiger partial charge in [-0.2, -0.15) is 0 Å². The van der Waals surface area contributed by atoms with Crippen molar-refractivity contribution in [2.75, 3.05) is 33.3 Å². The molecule has 1 amide bonds. The fourth-order valence-electron chi connectivity index (χ4n) is 2.10. The van der Waals surface area contributed by atoms with Crippen LogP contribution in [0.15, 0.2) is 0 Å². The standard InChI is InChI=1S/C11H21N3O3/c1-17-11(16)4-7-14(8-10(12)15)9-2-5-13-6-3-9/h9,13H,2-8H2,1H3,(H2,12,15). The minimum Gasteiger partial charge on any atom is -0.469 e. The molecule has 0 aromatic rings. The minimum atomic E-state index is -0.353. The normalized spacial score (nSPS) is 17.1. The average molecular weight is 243 g/mol. The quantitative estimate of drug-likeness (QED) is 0.590. The molecule has 1 aliphatic rings. The molecule has 0 spiro atoms. The number of hydrogen-bond donors (Lipinski definition) is 2. The highest BCUT2D eigenvalue weighted by Crippen LogP contribution is 2.12. The Balaban J connectivity index is 2.46. The van der Waals surface area contributed by atoms with Crippen molar-refractivity contribution in [1.29, 1.82) is 0 Å². The van der Waals surface area contributed by atoms with Crippen molar-refractivity contribution < 1.29 is 14.3 Å². The highest BCUT2D eigenvalue weighted by Gasteiger charge is 2.22. The number of nitrogens with zero attached hydrogens (tertiary/aromatic N) is 1. The topological polar surface area (TPSA) is 84.7 Å². The summed E-state index contributed by atoms with van der Waals surface area (Å²) in [5.74, 6) is -0.609. The number of nitrogens with two attached hydrogens (primary N) is 1. The van der Waals surface area contributed by atoms with Crippen molar-refractivity contribution in [2.24, 2.45) is 5.73 Å². The third kappa shape index (κ3) is 5.14. The lowest BCUT2D eigenvalue weighted by atomic mass is 10.0. The predicted molar refractivity (Wildman–Crippen MR) is 63.3 cm³/mol. The molecule has 1 aliphatic heterocycles. The molecule has 3 N–H and O–H groups in total. The molecule has 0 aromatic heterocycles. The molecule has 6 heteroatoms. The molecule has 0 aromatic carbocycles. The largest absolute Gasteiger partial charge is 0.469 e. The molecule has 1 fully saturated rings. The summed E-state index contributed by atoms with van der Waals surface area (Å²) in [6.07, 6.45) is 2.26. The third-order valence-electron chi connectivity index (χ3n) is 3.01. The number of methoxy groups -OCH3 is 1. The molecular weight excluding hydrogens is 222 g/mol. The van der Waals surface area contributed by atoms with Crippen LogP contribution in [0.25, 0.3) is 0 Å². The van der Waals surface area contributed by atoms with E-state index in [0.717, 1.165) is 25.9 Å². The van der Waals surface area contributed by atoms with E-state index in [1.54, 1.807) is 0 Å². The lowest BCUT2D eigenvalue weighted by Gasteiger charge is -2.33. The Bertz CT molecular complexity index is 265. The summed E-state index contributed by atoms with van der Waals surface area (Å²) in [7, 11) is 1.37. The van der Waals surface area contributed by atoms with Crippen LogP contribution in [0.5, 0.6) is 0 Å². The molecule has 0 atom stereocenters. The van der Waals surface area contributed by atoms with E-state index in [-0.39, 0.29) is 18.4 Å². The maximum absolute atomic E-state index is 11.1. The van der Waals surface area contributed by atoms with Gasteiger partial charge in [0.2, 0.25) is 5.91 Å². The summed E-state index contributed by atoms with van der Waals surface area (Å²) >= 11 is 0. The lowest BCUT2D eigenvalue weighted by molar-refractivity contribution is -0.141. The summed E-state index contributed by atoms with van der Waals surface area (Å²) in [4.78, 5) is 24.1. The fraction of sp³-hybridized carbons (Fsp3) is 0.818. The number of rotatable bonds is 6. The Morgan fingerprint density at radius 2 is 2.06 bits per heavy atom. The molecule has 98 valence electrons. The van der Waals surface area contributed by atoms with Gasteiger partial charge in [0.1, 0.15) is 0 Å². The molecule has 0 aliphatic carbocycles. The Hall–Kier alpha value is -1.14. The maximum atomic E-state index is 11.1. The van der Waals surface area contributed by atoms with Crippen LogP contribution < -0.4 is 11.1 Å². The maximum Gasteiger partial charge on any atom is 0.306 e. The van der Waals surface area contributed by atoms with Gasteiger partial charge in [-0.05, 0) is 25.9 Å². The first-order valence-corrected chi connectivity index (χ1v) is 5.93. The number of carbonyl (C=O) groups is 2. The second kappa shape index (κ2) is 7.24. The van der Waals surface area contributed by atoms with E-state index in [4.69, 9.17) is 5.73 Å². The fourth-order valence-corrected chi connectivity index (χ4v) is 2.10. The van der Waals surface area contributed by atoms with E-state index < -0.39 is 0 Å². The van der Waals surface area contributed by atoms with Gasteiger partial charge in [0.05, 0.1) is 20.1 Å². The first-order chi connectivity index (χ1) is 8.13. The Morgan fingerprint density at radius 1 is 1.41 bits per heavy atom. The van der Waals surface area contributed by atoms with Crippen LogP contribution in [-0.2, 0) is 14.3 Å². The monoisotopic (exact) mass is 243 g/mol. The zero-order chi connectivity index (χ0) is 12.7. The highest BCUT2D eigenvalue weighted by atomic mass is 16.5. The zero-order valence-corrected chi connectivity index (χ0v) is 10.3. The van der Waals surface area contributed by atoms with Crippen molar-refractivity contribution in [2.45, 2.75) is 25.3 Å². The molecule has 1 rings (SSSR count). The van der Waals surface area contributed by atoms with Gasteiger partial charge in [0, 0.05) is 12.6 Å². The zero-order valence-electron chi connectivity index (χ0n) is 10.3. The molecular formula is C11H21N3O3. The van der Waals surface area contributed by atoms with Crippen LogP contribution in [0.2, 0.25) is 0 Å². The van der Waals surface area contributed by atoms with Crippen LogP contribution in [0.4, 0.5) is 0 Å². The summed E-state index contributed by atoms with van der Waals surface area (Å²) in [6, 6.07) is 0.327. The summed E-state index contributed by atoms with van der Waals surface area (Å²) in [6.45, 7) is 2.62. The van der Waals surface area contributed by atoms with Crippen LogP contribution in [0.3, 0.4) is 0 Å². The number of hydrogen-bond acceptors (Lipinski definition) is 5. The second-order valence-electron chi connectivity index (χ2n) is 4.24. The number of esters is 1. The van der Waals surface area contributed by atoms with E-state index in [0.29, 0.717) is 19.0 Å². The molecule has 0 saturated carbocycles. The Kier molecular flexibility index (Phi) is 5.93. The van der Waals surface area contributed by atoms with Gasteiger partial charge in [0.15, 0.2) is 0 Å². The van der Waals surface area contributed by atoms with E-state index in [1.165, 1.54) is 7.11 Å². The predicted octanol–water partition coefficient (Wildman–Crippen LogP) is -0.911. The van der Waals surface area contributed by atoms with Crippen LogP contribution in [0.1, 0.15) is 19.3 Å². The first kappa shape index (κ1) is 13.9. The summed E-state index contributed by atoms with van der Waals surface area (Å²) in [5, 5.41) is 3.26. The lowest BCUT2D eigenvalue weighted by Crippen LogP contribution is -2.47. The summed E-state index contributed by atoms with van der Waals surface area (Å²) in [5.41, 5.74) is 5.23. The Morgan fingerprint density at radius 3 is 2.59 bits per heavy atom. The van der Waals surface area contributed by atoms with Gasteiger partial charge in [-0.1, -0.05) is 0 Å². The van der Waals surface area contributed by atoms with E-state index in [2.05, 4.69) is 10.1 Å². The van der Waals surface area contributed by atoms with Crippen molar-refractivity contribution in [3.05, 3.63) is 0 Å². The van der Waals surface area contributed by atoms with Gasteiger partial charge in [-0.3, -0.25) is 14.5 Å². The molecule has 0 unspecified atom stereocenters. The Labute approximate surface area is 101 Å². The summed E-state index contributed by atoms with van der Waals surface area (Å²) < 4.78 is 4.60. The number of piperidine rings is 1. The van der Waals surface area contributed by atoms with Crippen molar-refractivity contribution in [3.8, 4) is 0 Å².